The zero-order valence-electron chi connectivity index (χ0n) is 10.4. The van der Waals surface area contributed by atoms with Crippen molar-refractivity contribution in [3.05, 3.63) is 0 Å². The molecule has 0 spiro atoms. The highest BCUT2D eigenvalue weighted by Gasteiger charge is 2.65. The number of carbonyl (C=O) groups is 3. The molecule has 0 radical (unpaired) electrons. The van der Waals surface area contributed by atoms with Crippen molar-refractivity contribution < 1.29 is 24.2 Å². The summed E-state index contributed by atoms with van der Waals surface area (Å²) in [5.41, 5.74) is -0.489. The van der Waals surface area contributed by atoms with Crippen LogP contribution in [0.25, 0.3) is 0 Å². The Kier molecular flexibility index (Phi) is 3.91. The molecule has 0 amide bonds. The van der Waals surface area contributed by atoms with Crippen LogP contribution < -0.4 is 0 Å². The predicted molar refractivity (Wildman–Crippen MR) is 59.3 cm³/mol. The van der Waals surface area contributed by atoms with Crippen molar-refractivity contribution in [2.75, 3.05) is 6.61 Å². The summed E-state index contributed by atoms with van der Waals surface area (Å²) in [6.45, 7) is 5.52. The molecule has 5 nitrogen and oxygen atoms in total. The highest BCUT2D eigenvalue weighted by atomic mass is 16.5. The molecular weight excluding hydrogens is 224 g/mol. The van der Waals surface area contributed by atoms with Gasteiger partial charge in [0.05, 0.1) is 18.9 Å². The molecule has 1 aliphatic rings. The van der Waals surface area contributed by atoms with Gasteiger partial charge in [-0.3, -0.25) is 14.4 Å². The molecule has 0 aromatic heterocycles. The Bertz CT molecular complexity index is 345. The Hall–Kier alpha value is -1.39. The van der Waals surface area contributed by atoms with Crippen LogP contribution in [-0.4, -0.2) is 29.4 Å². The molecule has 1 N–H and O–H groups in total. The van der Waals surface area contributed by atoms with Crippen molar-refractivity contribution in [3.63, 3.8) is 0 Å². The lowest BCUT2D eigenvalue weighted by molar-refractivity contribution is -0.144. The molecule has 1 rings (SSSR count). The monoisotopic (exact) mass is 242 g/mol. The van der Waals surface area contributed by atoms with Gasteiger partial charge in [-0.25, -0.2) is 0 Å². The third-order valence-corrected chi connectivity index (χ3v) is 3.32. The van der Waals surface area contributed by atoms with Gasteiger partial charge in [0.15, 0.2) is 0 Å². The predicted octanol–water partition coefficient (Wildman–Crippen LogP) is 1.26. The van der Waals surface area contributed by atoms with Crippen LogP contribution >= 0.6 is 0 Å². The highest BCUT2D eigenvalue weighted by Crippen LogP contribution is 2.59. The Labute approximate surface area is 100 Å². The van der Waals surface area contributed by atoms with Gasteiger partial charge in [-0.1, -0.05) is 13.8 Å². The Morgan fingerprint density at radius 3 is 2.18 bits per heavy atom. The van der Waals surface area contributed by atoms with Crippen molar-refractivity contribution in [2.24, 2.45) is 17.3 Å². The van der Waals surface area contributed by atoms with E-state index in [9.17, 15) is 14.4 Å². The number of ketones is 1. The molecule has 5 heteroatoms. The van der Waals surface area contributed by atoms with Gasteiger partial charge in [-0.2, -0.15) is 0 Å². The lowest BCUT2D eigenvalue weighted by Crippen LogP contribution is -2.11. The number of aliphatic carboxylic acids is 1. The summed E-state index contributed by atoms with van der Waals surface area (Å²) >= 11 is 0. The zero-order chi connectivity index (χ0) is 13.2. The van der Waals surface area contributed by atoms with Crippen LogP contribution in [0.2, 0.25) is 0 Å². The highest BCUT2D eigenvalue weighted by molar-refractivity contribution is 5.94. The van der Waals surface area contributed by atoms with E-state index in [2.05, 4.69) is 0 Å². The Morgan fingerprint density at radius 1 is 1.18 bits per heavy atom. The number of ether oxygens (including phenoxy) is 1. The largest absolute Gasteiger partial charge is 0.481 e. The van der Waals surface area contributed by atoms with E-state index >= 15 is 0 Å². The van der Waals surface area contributed by atoms with Gasteiger partial charge in [0.1, 0.15) is 5.78 Å². The van der Waals surface area contributed by atoms with Gasteiger partial charge in [0.25, 0.3) is 0 Å². The maximum atomic E-state index is 11.8. The molecule has 2 atom stereocenters. The maximum absolute atomic E-state index is 11.8. The average Bonchev–Trinajstić information content (AvgIpc) is 2.79. The fraction of sp³-hybridized carbons (Fsp3) is 0.750. The van der Waals surface area contributed by atoms with Crippen LogP contribution in [-0.2, 0) is 19.1 Å². The van der Waals surface area contributed by atoms with Gasteiger partial charge < -0.3 is 9.84 Å². The van der Waals surface area contributed by atoms with Crippen molar-refractivity contribution >= 4 is 17.7 Å². The van der Waals surface area contributed by atoms with Gasteiger partial charge in [-0.05, 0) is 12.3 Å². The number of esters is 1. The van der Waals surface area contributed by atoms with Crippen LogP contribution in [0.3, 0.4) is 0 Å². The minimum Gasteiger partial charge on any atom is -0.481 e. The molecule has 0 heterocycles. The number of carboxylic acid groups (broad SMARTS) is 1. The third kappa shape index (κ3) is 2.84. The van der Waals surface area contributed by atoms with E-state index in [1.807, 2.05) is 0 Å². The molecule has 0 bridgehead atoms. The first-order valence-electron chi connectivity index (χ1n) is 5.73. The van der Waals surface area contributed by atoms with Crippen LogP contribution in [0.15, 0.2) is 0 Å². The molecule has 96 valence electrons. The SMILES string of the molecule is CCOC(=O)CCC(=O)C1C(C(=O)O)C1(C)C. The first-order chi connectivity index (χ1) is 7.82. The summed E-state index contributed by atoms with van der Waals surface area (Å²) in [6, 6.07) is 0. The standard InChI is InChI=1S/C12H18O5/c1-4-17-8(14)6-5-7(13)9-10(11(15)16)12(9,2)3/h9-10H,4-6H2,1-3H3,(H,15,16). The molecule has 1 saturated carbocycles. The quantitative estimate of drug-likeness (QED) is 0.709. The first-order valence-corrected chi connectivity index (χ1v) is 5.73. The van der Waals surface area contributed by atoms with Crippen LogP contribution in [0.5, 0.6) is 0 Å². The second-order valence-corrected chi connectivity index (χ2v) is 4.89. The number of hydrogen-bond donors (Lipinski definition) is 1. The lowest BCUT2D eigenvalue weighted by atomic mass is 10.0. The summed E-state index contributed by atoms with van der Waals surface area (Å²) in [5.74, 6) is -2.59. The van der Waals surface area contributed by atoms with Crippen LogP contribution in [0.1, 0.15) is 33.6 Å². The molecule has 17 heavy (non-hydrogen) atoms. The third-order valence-electron chi connectivity index (χ3n) is 3.32. The number of carboxylic acids is 1. The normalized spacial score (nSPS) is 25.1. The minimum atomic E-state index is -0.940. The summed E-state index contributed by atoms with van der Waals surface area (Å²) < 4.78 is 4.71. The van der Waals surface area contributed by atoms with Gasteiger partial charge in [0.2, 0.25) is 0 Å². The number of carbonyl (C=O) groups excluding carboxylic acids is 2. The number of hydrogen-bond acceptors (Lipinski definition) is 4. The molecule has 0 aromatic rings. The molecule has 0 aliphatic heterocycles. The molecule has 1 aliphatic carbocycles. The fourth-order valence-electron chi connectivity index (χ4n) is 2.31. The fourth-order valence-corrected chi connectivity index (χ4v) is 2.31. The first kappa shape index (κ1) is 13.7. The van der Waals surface area contributed by atoms with E-state index in [1.54, 1.807) is 20.8 Å². The second-order valence-electron chi connectivity index (χ2n) is 4.89. The maximum Gasteiger partial charge on any atom is 0.307 e. The van der Waals surface area contributed by atoms with E-state index in [4.69, 9.17) is 9.84 Å². The molecule has 2 unspecified atom stereocenters. The topological polar surface area (TPSA) is 80.7 Å². The van der Waals surface area contributed by atoms with Crippen molar-refractivity contribution in [2.45, 2.75) is 33.6 Å². The van der Waals surface area contributed by atoms with E-state index in [-0.39, 0.29) is 18.6 Å². The van der Waals surface area contributed by atoms with Crippen molar-refractivity contribution in [1.82, 2.24) is 0 Å². The Balaban J connectivity index is 2.45. The summed E-state index contributed by atoms with van der Waals surface area (Å²) in [7, 11) is 0. The van der Waals surface area contributed by atoms with Gasteiger partial charge >= 0.3 is 11.9 Å². The zero-order valence-corrected chi connectivity index (χ0v) is 10.4. The molecular formula is C12H18O5. The second kappa shape index (κ2) is 4.85. The number of Topliss-reactive ketones (excluding diaryl/α,β-unsaturated/α-hetero) is 1. The van der Waals surface area contributed by atoms with Crippen LogP contribution in [0.4, 0.5) is 0 Å². The van der Waals surface area contributed by atoms with E-state index in [0.29, 0.717) is 6.61 Å². The smallest absolute Gasteiger partial charge is 0.307 e. The summed E-state index contributed by atoms with van der Waals surface area (Å²) in [4.78, 5) is 33.7. The summed E-state index contributed by atoms with van der Waals surface area (Å²) in [6.07, 6.45) is 0.0995. The van der Waals surface area contributed by atoms with E-state index < -0.39 is 29.2 Å². The summed E-state index contributed by atoms with van der Waals surface area (Å²) in [5, 5.41) is 8.93. The van der Waals surface area contributed by atoms with Crippen molar-refractivity contribution in [3.8, 4) is 0 Å². The number of rotatable bonds is 6. The van der Waals surface area contributed by atoms with Crippen LogP contribution in [0, 0.1) is 17.3 Å². The van der Waals surface area contributed by atoms with E-state index in [0.717, 1.165) is 0 Å². The van der Waals surface area contributed by atoms with Gasteiger partial charge in [-0.15, -0.1) is 0 Å². The molecule has 0 aromatic carbocycles. The lowest BCUT2D eigenvalue weighted by Gasteiger charge is -2.02. The molecule has 1 fully saturated rings. The Morgan fingerprint density at radius 2 is 1.76 bits per heavy atom. The minimum absolute atomic E-state index is 0.0333. The molecule has 0 saturated heterocycles. The van der Waals surface area contributed by atoms with Gasteiger partial charge in [0, 0.05) is 12.3 Å². The van der Waals surface area contributed by atoms with E-state index in [1.165, 1.54) is 0 Å². The average molecular weight is 242 g/mol. The van der Waals surface area contributed by atoms with Crippen molar-refractivity contribution in [1.29, 1.82) is 0 Å².